The maximum atomic E-state index is 11.2. The van der Waals surface area contributed by atoms with Crippen LogP contribution in [0.25, 0.3) is 0 Å². The zero-order valence-electron chi connectivity index (χ0n) is 9.18. The third kappa shape index (κ3) is 1.59. The maximum absolute atomic E-state index is 11.2. The Hall–Kier alpha value is -1.43. The highest BCUT2D eigenvalue weighted by atomic mass is 16.4. The minimum Gasteiger partial charge on any atom is -0.479 e. The number of rotatable bonds is 5. The highest BCUT2D eigenvalue weighted by molar-refractivity contribution is 5.80. The first kappa shape index (κ1) is 11.1. The van der Waals surface area contributed by atoms with Gasteiger partial charge in [0.1, 0.15) is 17.2 Å². The Labute approximate surface area is 92.9 Å². The molecule has 1 aliphatic carbocycles. The standard InChI is InChI=1S/C10H15N3O3/c1-7-11-12-8(3-2-6-14)13(7)10(4-5-10)9(15)16/h14H,2-6H2,1H3,(H,15,16). The number of aliphatic hydroxyl groups is 1. The second kappa shape index (κ2) is 3.86. The van der Waals surface area contributed by atoms with Gasteiger partial charge in [0.2, 0.25) is 0 Å². The summed E-state index contributed by atoms with van der Waals surface area (Å²) < 4.78 is 1.71. The van der Waals surface area contributed by atoms with Crippen molar-refractivity contribution >= 4 is 5.97 Å². The highest BCUT2D eigenvalue weighted by Gasteiger charge is 2.54. The molecule has 2 rings (SSSR count). The Bertz CT molecular complexity index is 409. The van der Waals surface area contributed by atoms with Gasteiger partial charge in [-0.15, -0.1) is 10.2 Å². The van der Waals surface area contributed by atoms with Gasteiger partial charge >= 0.3 is 5.97 Å². The van der Waals surface area contributed by atoms with E-state index < -0.39 is 11.5 Å². The van der Waals surface area contributed by atoms with Crippen molar-refractivity contribution in [1.82, 2.24) is 14.8 Å². The van der Waals surface area contributed by atoms with Crippen molar-refractivity contribution in [2.45, 2.75) is 38.1 Å². The van der Waals surface area contributed by atoms with Crippen LogP contribution >= 0.6 is 0 Å². The molecule has 6 nitrogen and oxygen atoms in total. The quantitative estimate of drug-likeness (QED) is 0.741. The van der Waals surface area contributed by atoms with Crippen LogP contribution in [0.5, 0.6) is 0 Å². The Morgan fingerprint density at radius 3 is 2.69 bits per heavy atom. The molecule has 0 bridgehead atoms. The second-order valence-corrected chi connectivity index (χ2v) is 4.16. The van der Waals surface area contributed by atoms with Gasteiger partial charge in [-0.25, -0.2) is 4.79 Å². The summed E-state index contributed by atoms with van der Waals surface area (Å²) in [6, 6.07) is 0. The van der Waals surface area contributed by atoms with Gasteiger partial charge in [-0.1, -0.05) is 0 Å². The summed E-state index contributed by atoms with van der Waals surface area (Å²) >= 11 is 0. The first-order valence-corrected chi connectivity index (χ1v) is 5.37. The van der Waals surface area contributed by atoms with Gasteiger partial charge in [0.25, 0.3) is 0 Å². The molecule has 88 valence electrons. The number of aliphatic hydroxyl groups excluding tert-OH is 1. The molecule has 1 aromatic heterocycles. The Kier molecular flexibility index (Phi) is 2.67. The fraction of sp³-hybridized carbons (Fsp3) is 0.700. The van der Waals surface area contributed by atoms with E-state index in [1.807, 2.05) is 0 Å². The summed E-state index contributed by atoms with van der Waals surface area (Å²) in [5, 5.41) is 25.9. The van der Waals surface area contributed by atoms with Crippen LogP contribution < -0.4 is 0 Å². The second-order valence-electron chi connectivity index (χ2n) is 4.16. The van der Waals surface area contributed by atoms with Gasteiger partial charge in [-0.3, -0.25) is 4.57 Å². The van der Waals surface area contributed by atoms with Gasteiger partial charge in [0.05, 0.1) is 0 Å². The predicted octanol–water partition coefficient (Wildman–Crippen LogP) is 0.0851. The molecule has 0 aromatic carbocycles. The van der Waals surface area contributed by atoms with E-state index in [0.717, 1.165) is 0 Å². The number of aliphatic carboxylic acids is 1. The molecule has 16 heavy (non-hydrogen) atoms. The molecule has 0 radical (unpaired) electrons. The summed E-state index contributed by atoms with van der Waals surface area (Å²) in [5.74, 6) is 0.472. The molecule has 2 N–H and O–H groups in total. The van der Waals surface area contributed by atoms with E-state index in [9.17, 15) is 9.90 Å². The monoisotopic (exact) mass is 225 g/mol. The summed E-state index contributed by atoms with van der Waals surface area (Å²) in [7, 11) is 0. The Balaban J connectivity index is 2.32. The van der Waals surface area contributed by atoms with Crippen LogP contribution in [0.1, 0.15) is 30.9 Å². The minimum atomic E-state index is -0.821. The van der Waals surface area contributed by atoms with Crippen LogP contribution in [0.2, 0.25) is 0 Å². The molecule has 0 amide bonds. The predicted molar refractivity (Wildman–Crippen MR) is 55.0 cm³/mol. The number of nitrogens with zero attached hydrogens (tertiary/aromatic N) is 3. The maximum Gasteiger partial charge on any atom is 0.329 e. The molecule has 1 saturated carbocycles. The van der Waals surface area contributed by atoms with Gasteiger partial charge in [0, 0.05) is 13.0 Å². The van der Waals surface area contributed by atoms with E-state index in [1.54, 1.807) is 11.5 Å². The SMILES string of the molecule is Cc1nnc(CCCO)n1C1(C(=O)O)CC1. The average molecular weight is 225 g/mol. The van der Waals surface area contributed by atoms with E-state index >= 15 is 0 Å². The molecular formula is C10H15N3O3. The van der Waals surface area contributed by atoms with E-state index in [-0.39, 0.29) is 6.61 Å². The molecule has 0 unspecified atom stereocenters. The van der Waals surface area contributed by atoms with Crippen molar-refractivity contribution in [2.75, 3.05) is 6.61 Å². The zero-order chi connectivity index (χ0) is 11.8. The van der Waals surface area contributed by atoms with Crippen LogP contribution in [0.15, 0.2) is 0 Å². The van der Waals surface area contributed by atoms with Gasteiger partial charge < -0.3 is 10.2 Å². The van der Waals surface area contributed by atoms with Crippen LogP contribution in [-0.4, -0.2) is 37.6 Å². The number of carboxylic acid groups (broad SMARTS) is 1. The normalized spacial score (nSPS) is 17.4. The Morgan fingerprint density at radius 2 is 2.19 bits per heavy atom. The lowest BCUT2D eigenvalue weighted by Crippen LogP contribution is -2.30. The largest absolute Gasteiger partial charge is 0.479 e. The van der Waals surface area contributed by atoms with Crippen molar-refractivity contribution < 1.29 is 15.0 Å². The molecule has 1 fully saturated rings. The van der Waals surface area contributed by atoms with E-state index in [2.05, 4.69) is 10.2 Å². The number of aromatic nitrogens is 3. The molecule has 0 atom stereocenters. The summed E-state index contributed by atoms with van der Waals surface area (Å²) in [5.41, 5.74) is -0.821. The molecule has 1 aliphatic rings. The van der Waals surface area contributed by atoms with Crippen LogP contribution in [0, 0.1) is 6.92 Å². The van der Waals surface area contributed by atoms with Crippen molar-refractivity contribution in [1.29, 1.82) is 0 Å². The first-order valence-electron chi connectivity index (χ1n) is 5.37. The molecular weight excluding hydrogens is 210 g/mol. The van der Waals surface area contributed by atoms with Gasteiger partial charge in [-0.05, 0) is 26.2 Å². The van der Waals surface area contributed by atoms with Gasteiger partial charge in [0.15, 0.2) is 0 Å². The third-order valence-corrected chi connectivity index (χ3v) is 3.00. The number of hydrogen-bond acceptors (Lipinski definition) is 4. The summed E-state index contributed by atoms with van der Waals surface area (Å²) in [4.78, 5) is 11.2. The van der Waals surface area contributed by atoms with Gasteiger partial charge in [-0.2, -0.15) is 0 Å². The van der Waals surface area contributed by atoms with E-state index in [4.69, 9.17) is 5.11 Å². The lowest BCUT2D eigenvalue weighted by atomic mass is 10.2. The zero-order valence-corrected chi connectivity index (χ0v) is 9.18. The lowest BCUT2D eigenvalue weighted by molar-refractivity contribution is -0.142. The van der Waals surface area contributed by atoms with Crippen molar-refractivity contribution in [3.05, 3.63) is 11.6 Å². The minimum absolute atomic E-state index is 0.0754. The topological polar surface area (TPSA) is 88.2 Å². The fourth-order valence-corrected chi connectivity index (χ4v) is 2.01. The molecule has 0 saturated heterocycles. The number of carbonyl (C=O) groups is 1. The molecule has 6 heteroatoms. The summed E-state index contributed by atoms with van der Waals surface area (Å²) in [6.45, 7) is 1.84. The highest BCUT2D eigenvalue weighted by Crippen LogP contribution is 2.45. The van der Waals surface area contributed by atoms with Crippen LogP contribution in [0.3, 0.4) is 0 Å². The molecule has 1 aromatic rings. The molecule has 0 spiro atoms. The third-order valence-electron chi connectivity index (χ3n) is 3.00. The smallest absolute Gasteiger partial charge is 0.329 e. The van der Waals surface area contributed by atoms with Crippen molar-refractivity contribution in [2.24, 2.45) is 0 Å². The summed E-state index contributed by atoms with van der Waals surface area (Å²) in [6.07, 6.45) is 2.40. The number of hydrogen-bond donors (Lipinski definition) is 2. The first-order chi connectivity index (χ1) is 7.62. The van der Waals surface area contributed by atoms with E-state index in [0.29, 0.717) is 37.3 Å². The lowest BCUT2D eigenvalue weighted by Gasteiger charge is -2.15. The molecule has 0 aliphatic heterocycles. The van der Waals surface area contributed by atoms with Crippen LogP contribution in [-0.2, 0) is 16.8 Å². The van der Waals surface area contributed by atoms with Crippen molar-refractivity contribution in [3.8, 4) is 0 Å². The van der Waals surface area contributed by atoms with Crippen molar-refractivity contribution in [3.63, 3.8) is 0 Å². The van der Waals surface area contributed by atoms with Crippen LogP contribution in [0.4, 0.5) is 0 Å². The average Bonchev–Trinajstić information content (AvgIpc) is 2.96. The molecule has 1 heterocycles. The fourth-order valence-electron chi connectivity index (χ4n) is 2.01. The number of aryl methyl sites for hydroxylation is 2. The van der Waals surface area contributed by atoms with E-state index in [1.165, 1.54) is 0 Å². The Morgan fingerprint density at radius 1 is 1.50 bits per heavy atom. The number of carboxylic acids is 1.